The Morgan fingerprint density at radius 3 is 2.80 bits per heavy atom. The molecular weight excluding hydrogens is 468 g/mol. The summed E-state index contributed by atoms with van der Waals surface area (Å²) in [6, 6.07) is 2.63. The molecule has 6 rings (SSSR count). The Bertz CT molecular complexity index is 914. The monoisotopic (exact) mass is 504 g/mol. The number of nitrogens with two attached hydrogens (primary N) is 1. The lowest BCUT2D eigenvalue weighted by atomic mass is 10.0. The highest BCUT2D eigenvalue weighted by atomic mass is 35.5. The van der Waals surface area contributed by atoms with Crippen LogP contribution in [-0.2, 0) is 4.79 Å². The fourth-order valence-electron chi connectivity index (χ4n) is 6.44. The van der Waals surface area contributed by atoms with Crippen LogP contribution in [0.2, 0.25) is 0 Å². The van der Waals surface area contributed by atoms with Crippen LogP contribution in [0.1, 0.15) is 12.8 Å². The van der Waals surface area contributed by atoms with E-state index in [2.05, 4.69) is 41.1 Å². The number of halogens is 1. The summed E-state index contributed by atoms with van der Waals surface area (Å²) in [7, 11) is 0. The van der Waals surface area contributed by atoms with Gasteiger partial charge in [0.05, 0.1) is 47.4 Å². The van der Waals surface area contributed by atoms with Crippen molar-refractivity contribution >= 4 is 28.9 Å². The summed E-state index contributed by atoms with van der Waals surface area (Å²) < 4.78 is 0. The summed E-state index contributed by atoms with van der Waals surface area (Å²) in [5.74, 6) is -0.537. The summed E-state index contributed by atoms with van der Waals surface area (Å²) in [6.07, 6.45) is 5.67. The van der Waals surface area contributed by atoms with E-state index in [0.29, 0.717) is 25.3 Å². The number of nitrogens with zero attached hydrogens (tertiary/aromatic N) is 5. The summed E-state index contributed by atoms with van der Waals surface area (Å²) in [5.41, 5.74) is 11.3. The van der Waals surface area contributed by atoms with E-state index < -0.39 is 12.1 Å². The summed E-state index contributed by atoms with van der Waals surface area (Å²) >= 11 is 6.27. The van der Waals surface area contributed by atoms with Gasteiger partial charge in [0.15, 0.2) is 0 Å². The molecule has 6 N–H and O–H groups in total. The fraction of sp³-hybridized carbons (Fsp3) is 0.739. The molecule has 0 bridgehead atoms. The van der Waals surface area contributed by atoms with Crippen molar-refractivity contribution < 1.29 is 4.79 Å². The Labute approximate surface area is 211 Å². The average Bonchev–Trinajstić information content (AvgIpc) is 3.47. The Morgan fingerprint density at radius 1 is 1.11 bits per heavy atom. The number of hydrogen-bond acceptors (Lipinski definition) is 10. The number of hydrazine groups is 1. The molecule has 5 atom stereocenters. The van der Waals surface area contributed by atoms with Gasteiger partial charge < -0.3 is 16.0 Å². The first kappa shape index (κ1) is 23.8. The van der Waals surface area contributed by atoms with Gasteiger partial charge in [-0.15, -0.1) is 11.6 Å². The van der Waals surface area contributed by atoms with Crippen LogP contribution in [0, 0.1) is 5.92 Å². The molecule has 11 nitrogen and oxygen atoms in total. The number of alkyl halides is 1. The highest BCUT2D eigenvalue weighted by Crippen LogP contribution is 2.31. The van der Waals surface area contributed by atoms with Crippen LogP contribution in [-0.4, -0.2) is 115 Å². The van der Waals surface area contributed by atoms with Crippen LogP contribution < -0.4 is 32.0 Å². The van der Waals surface area contributed by atoms with Crippen LogP contribution >= 0.6 is 11.6 Å². The minimum atomic E-state index is -0.472. The van der Waals surface area contributed by atoms with Gasteiger partial charge in [-0.05, 0) is 18.9 Å². The third-order valence-corrected chi connectivity index (χ3v) is 8.60. The van der Waals surface area contributed by atoms with Crippen molar-refractivity contribution in [3.8, 4) is 0 Å². The van der Waals surface area contributed by atoms with Gasteiger partial charge in [0.1, 0.15) is 0 Å². The molecular formula is C23H37ClN10O. The number of fused-ring (bicyclic) bond motifs is 2. The number of aromatic nitrogens is 1. The molecule has 0 spiro atoms. The first-order valence-corrected chi connectivity index (χ1v) is 13.4. The minimum absolute atomic E-state index is 0.0149. The van der Waals surface area contributed by atoms with Crippen molar-refractivity contribution in [1.29, 1.82) is 0 Å². The van der Waals surface area contributed by atoms with E-state index in [9.17, 15) is 4.79 Å². The van der Waals surface area contributed by atoms with Crippen molar-refractivity contribution in [2.24, 2.45) is 11.7 Å². The molecule has 0 saturated carbocycles. The summed E-state index contributed by atoms with van der Waals surface area (Å²) in [5, 5.41) is 12.1. The Balaban J connectivity index is 1.08. The molecule has 5 fully saturated rings. The molecule has 5 aliphatic heterocycles. The Hall–Kier alpha value is -1.57. The van der Waals surface area contributed by atoms with Crippen molar-refractivity contribution in [2.45, 2.75) is 42.8 Å². The smallest absolute Gasteiger partial charge is 0.233 e. The normalized spacial score (nSPS) is 35.1. The van der Waals surface area contributed by atoms with Gasteiger partial charge in [-0.3, -0.25) is 30.2 Å². The number of anilines is 2. The molecule has 5 aliphatic rings. The van der Waals surface area contributed by atoms with Crippen molar-refractivity contribution in [3.05, 3.63) is 18.5 Å². The first-order chi connectivity index (χ1) is 17.1. The number of nitrogens with one attached hydrogen (secondary N) is 4. The molecule has 1 aromatic heterocycles. The van der Waals surface area contributed by atoms with E-state index in [4.69, 9.17) is 17.3 Å². The van der Waals surface area contributed by atoms with Crippen molar-refractivity contribution in [3.63, 3.8) is 0 Å². The number of rotatable bonds is 4. The highest BCUT2D eigenvalue weighted by Gasteiger charge is 2.46. The molecule has 12 heteroatoms. The maximum absolute atomic E-state index is 13.4. The van der Waals surface area contributed by atoms with Gasteiger partial charge in [-0.1, -0.05) is 0 Å². The molecule has 1 amide bonds. The number of pyridine rings is 1. The largest absolute Gasteiger partial charge is 0.370 e. The Morgan fingerprint density at radius 2 is 1.94 bits per heavy atom. The average molecular weight is 505 g/mol. The van der Waals surface area contributed by atoms with Gasteiger partial charge in [0.25, 0.3) is 0 Å². The van der Waals surface area contributed by atoms with E-state index in [1.54, 1.807) is 12.4 Å². The molecule has 5 unspecified atom stereocenters. The van der Waals surface area contributed by atoms with Gasteiger partial charge in [-0.25, -0.2) is 10.4 Å². The van der Waals surface area contributed by atoms with Crippen LogP contribution in [0.4, 0.5) is 11.4 Å². The second kappa shape index (κ2) is 10.1. The van der Waals surface area contributed by atoms with Gasteiger partial charge in [-0.2, -0.15) is 0 Å². The molecule has 5 saturated heterocycles. The third kappa shape index (κ3) is 4.76. The predicted molar refractivity (Wildman–Crippen MR) is 136 cm³/mol. The van der Waals surface area contributed by atoms with E-state index in [1.807, 2.05) is 11.1 Å². The number of hydrogen-bond donors (Lipinski definition) is 5. The van der Waals surface area contributed by atoms with Crippen LogP contribution in [0.5, 0.6) is 0 Å². The van der Waals surface area contributed by atoms with Gasteiger partial charge in [0.2, 0.25) is 5.91 Å². The standard InChI is InChI=1S/C23H37ClN10O/c24-15-11-28-22-20(21(25)30-34(22)13-15)23(35)29-17-12-26-4-1-18(17)31-6-2-16(3-7-31)33-10-9-32-8-5-27-19(32)14-33/h1,4,12,15-16,19-22,27-28,30H,2-3,5-11,13-14,25H2,(H,29,35). The lowest BCUT2D eigenvalue weighted by Gasteiger charge is -2.44. The van der Waals surface area contributed by atoms with Crippen molar-refractivity contribution in [2.75, 3.05) is 69.1 Å². The van der Waals surface area contributed by atoms with Crippen LogP contribution in [0.15, 0.2) is 18.5 Å². The molecule has 0 aromatic carbocycles. The summed E-state index contributed by atoms with van der Waals surface area (Å²) in [6.45, 7) is 8.96. The topological polar surface area (TPSA) is 117 Å². The van der Waals surface area contributed by atoms with Crippen LogP contribution in [0.3, 0.4) is 0 Å². The highest BCUT2D eigenvalue weighted by molar-refractivity contribution is 6.21. The number of carbonyl (C=O) groups excluding carboxylic acids is 1. The number of carbonyl (C=O) groups is 1. The van der Waals surface area contributed by atoms with E-state index >= 15 is 0 Å². The maximum Gasteiger partial charge on any atom is 0.233 e. The van der Waals surface area contributed by atoms with Crippen LogP contribution in [0.25, 0.3) is 0 Å². The zero-order valence-electron chi connectivity index (χ0n) is 20.1. The zero-order chi connectivity index (χ0) is 23.9. The summed E-state index contributed by atoms with van der Waals surface area (Å²) in [4.78, 5) is 25.3. The van der Waals surface area contributed by atoms with E-state index in [-0.39, 0.29) is 17.5 Å². The molecule has 1 aromatic rings. The lowest BCUT2D eigenvalue weighted by molar-refractivity contribution is -0.121. The second-order valence-electron chi connectivity index (χ2n) is 10.4. The fourth-order valence-corrected chi connectivity index (χ4v) is 6.67. The Kier molecular flexibility index (Phi) is 6.84. The zero-order valence-corrected chi connectivity index (χ0v) is 20.8. The van der Waals surface area contributed by atoms with E-state index in [1.165, 1.54) is 6.54 Å². The first-order valence-electron chi connectivity index (χ1n) is 12.9. The van der Waals surface area contributed by atoms with Crippen molar-refractivity contribution in [1.82, 2.24) is 35.9 Å². The third-order valence-electron chi connectivity index (χ3n) is 8.30. The molecule has 0 aliphatic carbocycles. The molecule has 192 valence electrons. The predicted octanol–water partition coefficient (Wildman–Crippen LogP) is -1.21. The van der Waals surface area contributed by atoms with Gasteiger partial charge >= 0.3 is 0 Å². The lowest BCUT2D eigenvalue weighted by Crippen LogP contribution is -2.58. The SMILES string of the molecule is NC1NN2CC(Cl)CNC2C1C(=O)Nc1cnccc1N1CCC(N2CCN3CCNC3C2)CC1. The minimum Gasteiger partial charge on any atom is -0.370 e. The number of piperazine rings is 1. The van der Waals surface area contributed by atoms with E-state index in [0.717, 1.165) is 63.5 Å². The molecule has 0 radical (unpaired) electrons. The quantitative estimate of drug-likeness (QED) is 0.320. The van der Waals surface area contributed by atoms with Gasteiger partial charge in [0, 0.05) is 71.1 Å². The number of piperidine rings is 1. The second-order valence-corrected chi connectivity index (χ2v) is 11.0. The molecule has 6 heterocycles. The maximum atomic E-state index is 13.4. The number of amides is 1. The molecule has 35 heavy (non-hydrogen) atoms.